The number of amides is 1. The van der Waals surface area contributed by atoms with Gasteiger partial charge in [0.15, 0.2) is 0 Å². The van der Waals surface area contributed by atoms with Gasteiger partial charge in [-0.3, -0.25) is 9.59 Å². The molecule has 3 aromatic carbocycles. The zero-order valence-electron chi connectivity index (χ0n) is 14.5. The van der Waals surface area contributed by atoms with Crippen molar-refractivity contribution < 1.29 is 4.79 Å². The third kappa shape index (κ3) is 3.62. The number of anilines is 1. The van der Waals surface area contributed by atoms with Gasteiger partial charge in [0.25, 0.3) is 5.56 Å². The first-order chi connectivity index (χ1) is 13.2. The lowest BCUT2D eigenvalue weighted by Gasteiger charge is -2.10. The van der Waals surface area contributed by atoms with Crippen LogP contribution in [0.2, 0.25) is 0 Å². The molecular formula is C22H17N3O2. The van der Waals surface area contributed by atoms with Crippen molar-refractivity contribution in [2.24, 2.45) is 0 Å². The Morgan fingerprint density at radius 1 is 0.852 bits per heavy atom. The largest absolute Gasteiger partial charge is 0.324 e. The van der Waals surface area contributed by atoms with E-state index >= 15 is 0 Å². The molecule has 1 heterocycles. The summed E-state index contributed by atoms with van der Waals surface area (Å²) < 4.78 is 1.18. The molecule has 0 atom stereocenters. The molecule has 132 valence electrons. The van der Waals surface area contributed by atoms with Crippen molar-refractivity contribution in [3.8, 4) is 11.3 Å². The zero-order valence-corrected chi connectivity index (χ0v) is 14.5. The predicted octanol–water partition coefficient (Wildman–Crippen LogP) is 3.70. The van der Waals surface area contributed by atoms with Crippen LogP contribution in [0.15, 0.2) is 89.7 Å². The molecule has 4 aromatic rings. The van der Waals surface area contributed by atoms with Gasteiger partial charge in [-0.25, -0.2) is 4.68 Å². The zero-order chi connectivity index (χ0) is 18.6. The average molecular weight is 355 g/mol. The highest BCUT2D eigenvalue weighted by molar-refractivity contribution is 6.01. The molecule has 0 aliphatic rings. The van der Waals surface area contributed by atoms with Gasteiger partial charge in [-0.2, -0.15) is 5.10 Å². The highest BCUT2D eigenvalue weighted by Crippen LogP contribution is 2.22. The number of carbonyl (C=O) groups excluding carboxylic acids is 1. The molecule has 0 saturated carbocycles. The van der Waals surface area contributed by atoms with Crippen LogP contribution in [0.5, 0.6) is 0 Å². The van der Waals surface area contributed by atoms with Gasteiger partial charge < -0.3 is 5.32 Å². The molecule has 0 bridgehead atoms. The maximum atomic E-state index is 12.5. The second-order valence-electron chi connectivity index (χ2n) is 6.16. The molecular weight excluding hydrogens is 338 g/mol. The fourth-order valence-electron chi connectivity index (χ4n) is 2.99. The highest BCUT2D eigenvalue weighted by atomic mass is 16.2. The fraction of sp³-hybridized carbons (Fsp3) is 0.0455. The van der Waals surface area contributed by atoms with E-state index in [0.29, 0.717) is 11.4 Å². The van der Waals surface area contributed by atoms with E-state index in [1.165, 1.54) is 10.7 Å². The van der Waals surface area contributed by atoms with E-state index in [-0.39, 0.29) is 18.0 Å². The Morgan fingerprint density at radius 2 is 1.59 bits per heavy atom. The molecule has 27 heavy (non-hydrogen) atoms. The molecule has 5 nitrogen and oxygen atoms in total. The summed E-state index contributed by atoms with van der Waals surface area (Å²) in [6.45, 7) is -0.150. The number of carbonyl (C=O) groups is 1. The topological polar surface area (TPSA) is 64.0 Å². The Balaban J connectivity index is 1.59. The second kappa shape index (κ2) is 7.25. The summed E-state index contributed by atoms with van der Waals surface area (Å²) in [5.74, 6) is -0.300. The first kappa shape index (κ1) is 16.7. The second-order valence-corrected chi connectivity index (χ2v) is 6.16. The van der Waals surface area contributed by atoms with E-state index in [1.54, 1.807) is 6.07 Å². The highest BCUT2D eigenvalue weighted by Gasteiger charge is 2.10. The summed E-state index contributed by atoms with van der Waals surface area (Å²) in [5.41, 5.74) is 1.93. The van der Waals surface area contributed by atoms with Gasteiger partial charge in [0.2, 0.25) is 5.91 Å². The Morgan fingerprint density at radius 3 is 2.44 bits per heavy atom. The average Bonchev–Trinajstić information content (AvgIpc) is 2.70. The molecule has 1 aromatic heterocycles. The number of nitrogens with zero attached hydrogens (tertiary/aromatic N) is 2. The van der Waals surface area contributed by atoms with Crippen LogP contribution in [0.4, 0.5) is 5.69 Å². The monoisotopic (exact) mass is 355 g/mol. The van der Waals surface area contributed by atoms with Gasteiger partial charge in [-0.1, -0.05) is 66.7 Å². The molecule has 0 saturated heterocycles. The minimum absolute atomic E-state index is 0.150. The molecule has 1 amide bonds. The molecule has 0 radical (unpaired) electrons. The van der Waals surface area contributed by atoms with E-state index in [9.17, 15) is 9.59 Å². The lowest BCUT2D eigenvalue weighted by molar-refractivity contribution is -0.117. The van der Waals surface area contributed by atoms with Crippen LogP contribution >= 0.6 is 0 Å². The molecule has 1 N–H and O–H groups in total. The molecule has 0 fully saturated rings. The molecule has 0 aliphatic carbocycles. The number of aromatic nitrogens is 2. The predicted molar refractivity (Wildman–Crippen MR) is 107 cm³/mol. The van der Waals surface area contributed by atoms with Gasteiger partial charge >= 0.3 is 0 Å². The third-order valence-electron chi connectivity index (χ3n) is 4.29. The molecule has 4 rings (SSSR count). The summed E-state index contributed by atoms with van der Waals surface area (Å²) >= 11 is 0. The Hall–Kier alpha value is -3.73. The van der Waals surface area contributed by atoms with E-state index in [0.717, 1.165) is 16.3 Å². The number of fused-ring (bicyclic) bond motifs is 1. The van der Waals surface area contributed by atoms with Crippen LogP contribution in [-0.2, 0) is 11.3 Å². The van der Waals surface area contributed by atoms with E-state index in [2.05, 4.69) is 10.4 Å². The number of benzene rings is 3. The summed E-state index contributed by atoms with van der Waals surface area (Å²) in [6.07, 6.45) is 0. The van der Waals surface area contributed by atoms with Crippen LogP contribution in [0.3, 0.4) is 0 Å². The van der Waals surface area contributed by atoms with Gasteiger partial charge in [0.1, 0.15) is 6.54 Å². The van der Waals surface area contributed by atoms with Gasteiger partial charge in [0, 0.05) is 22.7 Å². The normalized spacial score (nSPS) is 10.7. The van der Waals surface area contributed by atoms with Crippen LogP contribution in [0.1, 0.15) is 0 Å². The van der Waals surface area contributed by atoms with Crippen molar-refractivity contribution in [2.75, 3.05) is 5.32 Å². The molecule has 5 heteroatoms. The number of hydrogen-bond acceptors (Lipinski definition) is 3. The van der Waals surface area contributed by atoms with E-state index in [4.69, 9.17) is 0 Å². The summed E-state index contributed by atoms with van der Waals surface area (Å²) in [6, 6.07) is 26.2. The van der Waals surface area contributed by atoms with Gasteiger partial charge in [-0.15, -0.1) is 0 Å². The Kier molecular flexibility index (Phi) is 4.49. The van der Waals surface area contributed by atoms with E-state index < -0.39 is 0 Å². The van der Waals surface area contributed by atoms with Crippen LogP contribution in [0, 0.1) is 0 Å². The van der Waals surface area contributed by atoms with Gasteiger partial charge in [0.05, 0.1) is 5.69 Å². The van der Waals surface area contributed by atoms with E-state index in [1.807, 2.05) is 72.8 Å². The minimum Gasteiger partial charge on any atom is -0.324 e. The summed E-state index contributed by atoms with van der Waals surface area (Å²) in [4.78, 5) is 24.6. The lowest BCUT2D eigenvalue weighted by Crippen LogP contribution is -2.29. The third-order valence-corrected chi connectivity index (χ3v) is 4.29. The quantitative estimate of drug-likeness (QED) is 0.607. The lowest BCUT2D eigenvalue weighted by atomic mass is 10.1. The number of nitrogens with one attached hydrogen (secondary N) is 1. The van der Waals surface area contributed by atoms with Crippen molar-refractivity contribution >= 4 is 22.4 Å². The minimum atomic E-state index is -0.317. The van der Waals surface area contributed by atoms with Crippen molar-refractivity contribution in [1.82, 2.24) is 9.78 Å². The maximum Gasteiger partial charge on any atom is 0.267 e. The Bertz CT molecular complexity index is 1160. The van der Waals surface area contributed by atoms with Crippen molar-refractivity contribution in [1.29, 1.82) is 0 Å². The van der Waals surface area contributed by atoms with Crippen LogP contribution in [0.25, 0.3) is 22.0 Å². The standard InChI is InChI=1S/C22H17N3O2/c26-21(23-20-12-6-10-16-7-4-5-11-18(16)20)15-25-22(27)14-13-19(24-25)17-8-2-1-3-9-17/h1-14H,15H2,(H,23,26). The molecule has 0 spiro atoms. The van der Waals surface area contributed by atoms with Crippen LogP contribution in [-0.4, -0.2) is 15.7 Å². The molecule has 0 aliphatic heterocycles. The maximum absolute atomic E-state index is 12.5. The van der Waals surface area contributed by atoms with Crippen molar-refractivity contribution in [2.45, 2.75) is 6.54 Å². The number of rotatable bonds is 4. The number of hydrogen-bond donors (Lipinski definition) is 1. The molecule has 0 unspecified atom stereocenters. The van der Waals surface area contributed by atoms with Crippen molar-refractivity contribution in [3.05, 3.63) is 95.3 Å². The Labute approximate surface area is 155 Å². The SMILES string of the molecule is O=C(Cn1nc(-c2ccccc2)ccc1=O)Nc1cccc2ccccc12. The van der Waals surface area contributed by atoms with Crippen LogP contribution < -0.4 is 10.9 Å². The first-order valence-corrected chi connectivity index (χ1v) is 8.62. The smallest absolute Gasteiger partial charge is 0.267 e. The van der Waals surface area contributed by atoms with Gasteiger partial charge in [-0.05, 0) is 17.5 Å². The summed E-state index contributed by atoms with van der Waals surface area (Å²) in [5, 5.41) is 9.20. The first-order valence-electron chi connectivity index (χ1n) is 8.62. The van der Waals surface area contributed by atoms with Crippen molar-refractivity contribution in [3.63, 3.8) is 0 Å². The summed E-state index contributed by atoms with van der Waals surface area (Å²) in [7, 11) is 0. The fourth-order valence-corrected chi connectivity index (χ4v) is 2.99.